The molecule has 1 saturated carbocycles. The number of aliphatic carboxylic acids is 1. The third kappa shape index (κ3) is 3.23. The molecule has 1 aliphatic carbocycles. The van der Waals surface area contributed by atoms with Crippen LogP contribution in [0.2, 0.25) is 0 Å². The van der Waals surface area contributed by atoms with E-state index in [9.17, 15) is 14.7 Å². The quantitative estimate of drug-likeness (QED) is 0.761. The first-order chi connectivity index (χ1) is 9.52. The summed E-state index contributed by atoms with van der Waals surface area (Å²) < 4.78 is 0. The summed E-state index contributed by atoms with van der Waals surface area (Å²) in [7, 11) is 0. The van der Waals surface area contributed by atoms with Crippen LogP contribution in [-0.4, -0.2) is 32.6 Å². The van der Waals surface area contributed by atoms with Crippen LogP contribution in [0.25, 0.3) is 0 Å². The van der Waals surface area contributed by atoms with Gasteiger partial charge in [-0.1, -0.05) is 12.8 Å². The van der Waals surface area contributed by atoms with Gasteiger partial charge in [0, 0.05) is 6.20 Å². The zero-order chi connectivity index (χ0) is 14.6. The highest BCUT2D eigenvalue weighted by Gasteiger charge is 2.42. The molecule has 0 unspecified atom stereocenters. The lowest BCUT2D eigenvalue weighted by Crippen LogP contribution is -2.55. The van der Waals surface area contributed by atoms with Gasteiger partial charge in [-0.05, 0) is 25.8 Å². The number of rotatable bonds is 4. The van der Waals surface area contributed by atoms with Crippen LogP contribution in [0.3, 0.4) is 0 Å². The summed E-state index contributed by atoms with van der Waals surface area (Å²) in [6.07, 6.45) is 4.20. The minimum atomic E-state index is -1.12. The molecule has 2 rings (SSSR count). The van der Waals surface area contributed by atoms with Gasteiger partial charge in [0.1, 0.15) is 11.4 Å². The lowest BCUT2D eigenvalue weighted by molar-refractivity contribution is -0.144. The van der Waals surface area contributed by atoms with Gasteiger partial charge in [0.25, 0.3) is 0 Å². The van der Waals surface area contributed by atoms with Gasteiger partial charge in [-0.25, -0.2) is 19.6 Å². The smallest absolute Gasteiger partial charge is 0.329 e. The van der Waals surface area contributed by atoms with E-state index in [1.54, 1.807) is 19.2 Å². The molecule has 7 heteroatoms. The second kappa shape index (κ2) is 5.85. The van der Waals surface area contributed by atoms with Gasteiger partial charge >= 0.3 is 12.0 Å². The molecule has 20 heavy (non-hydrogen) atoms. The lowest BCUT2D eigenvalue weighted by atomic mass is 9.98. The number of aromatic nitrogens is 2. The maximum Gasteiger partial charge on any atom is 0.329 e. The Bertz CT molecular complexity index is 512. The average Bonchev–Trinajstić information content (AvgIpc) is 2.86. The fourth-order valence-electron chi connectivity index (χ4n) is 2.41. The molecule has 0 bridgehead atoms. The molecule has 0 spiro atoms. The Kier molecular flexibility index (Phi) is 4.16. The van der Waals surface area contributed by atoms with Gasteiger partial charge < -0.3 is 15.7 Å². The van der Waals surface area contributed by atoms with Crippen LogP contribution in [0.4, 0.5) is 4.79 Å². The zero-order valence-electron chi connectivity index (χ0n) is 11.3. The van der Waals surface area contributed by atoms with E-state index in [4.69, 9.17) is 0 Å². The Balaban J connectivity index is 1.90. The highest BCUT2D eigenvalue weighted by molar-refractivity contribution is 5.86. The number of urea groups is 1. The summed E-state index contributed by atoms with van der Waals surface area (Å²) in [5.41, 5.74) is -0.436. The summed E-state index contributed by atoms with van der Waals surface area (Å²) in [5.74, 6) is -0.342. The summed E-state index contributed by atoms with van der Waals surface area (Å²) in [6.45, 7) is 2.01. The number of nitrogens with zero attached hydrogens (tertiary/aromatic N) is 2. The normalized spacial score (nSPS) is 16.6. The van der Waals surface area contributed by atoms with Crippen molar-refractivity contribution in [3.63, 3.8) is 0 Å². The first-order valence-electron chi connectivity index (χ1n) is 6.60. The summed E-state index contributed by atoms with van der Waals surface area (Å²) in [6, 6.07) is 1.22. The molecule has 0 atom stereocenters. The SMILES string of the molecule is Cc1nccc(CNC(=O)NC2(C(=O)O)CCCC2)n1. The number of carboxylic acids is 1. The van der Waals surface area contributed by atoms with Gasteiger partial charge in [-0.2, -0.15) is 0 Å². The number of hydrogen-bond acceptors (Lipinski definition) is 4. The Morgan fingerprint density at radius 3 is 2.70 bits per heavy atom. The molecule has 3 N–H and O–H groups in total. The number of carbonyl (C=O) groups is 2. The van der Waals surface area contributed by atoms with Gasteiger partial charge in [0.15, 0.2) is 0 Å². The van der Waals surface area contributed by atoms with Crippen molar-refractivity contribution in [3.05, 3.63) is 23.8 Å². The van der Waals surface area contributed by atoms with E-state index in [-0.39, 0.29) is 6.54 Å². The summed E-state index contributed by atoms with van der Waals surface area (Å²) in [5, 5.41) is 14.5. The summed E-state index contributed by atoms with van der Waals surface area (Å²) in [4.78, 5) is 31.3. The van der Waals surface area contributed by atoms with Crippen molar-refractivity contribution >= 4 is 12.0 Å². The average molecular weight is 278 g/mol. The second-order valence-corrected chi connectivity index (χ2v) is 5.00. The van der Waals surface area contributed by atoms with E-state index in [1.165, 1.54) is 0 Å². The standard InChI is InChI=1S/C13H18N4O3/c1-9-14-7-4-10(16-9)8-15-12(20)17-13(11(18)19)5-2-3-6-13/h4,7H,2-3,5-6,8H2,1H3,(H,18,19)(H2,15,17,20). The molecule has 0 aromatic carbocycles. The van der Waals surface area contributed by atoms with E-state index in [1.807, 2.05) is 0 Å². The maximum atomic E-state index is 11.8. The highest BCUT2D eigenvalue weighted by Crippen LogP contribution is 2.29. The van der Waals surface area contributed by atoms with E-state index in [0.29, 0.717) is 24.4 Å². The summed E-state index contributed by atoms with van der Waals surface area (Å²) >= 11 is 0. The molecule has 1 fully saturated rings. The predicted octanol–water partition coefficient (Wildman–Crippen LogP) is 0.982. The topological polar surface area (TPSA) is 104 Å². The third-order valence-corrected chi connectivity index (χ3v) is 3.48. The number of hydrogen-bond donors (Lipinski definition) is 3. The van der Waals surface area contributed by atoms with Gasteiger partial charge in [0.2, 0.25) is 0 Å². The van der Waals surface area contributed by atoms with Crippen LogP contribution >= 0.6 is 0 Å². The molecule has 7 nitrogen and oxygen atoms in total. The van der Waals surface area contributed by atoms with Crippen molar-refractivity contribution in [2.75, 3.05) is 0 Å². The Morgan fingerprint density at radius 2 is 2.10 bits per heavy atom. The van der Waals surface area contributed by atoms with Crippen molar-refractivity contribution in [2.45, 2.75) is 44.7 Å². The molecule has 0 saturated heterocycles. The van der Waals surface area contributed by atoms with Crippen LogP contribution in [0, 0.1) is 6.92 Å². The fourth-order valence-corrected chi connectivity index (χ4v) is 2.41. The number of amides is 2. The molecular weight excluding hydrogens is 260 g/mol. The minimum absolute atomic E-state index is 0.241. The highest BCUT2D eigenvalue weighted by atomic mass is 16.4. The molecule has 108 valence electrons. The van der Waals surface area contributed by atoms with Crippen LogP contribution in [0.5, 0.6) is 0 Å². The molecule has 1 heterocycles. The van der Waals surface area contributed by atoms with Gasteiger partial charge in [-0.3, -0.25) is 0 Å². The molecule has 0 radical (unpaired) electrons. The minimum Gasteiger partial charge on any atom is -0.480 e. The predicted molar refractivity (Wildman–Crippen MR) is 71.0 cm³/mol. The lowest BCUT2D eigenvalue weighted by Gasteiger charge is -2.25. The Labute approximate surface area is 116 Å². The monoisotopic (exact) mass is 278 g/mol. The van der Waals surface area contributed by atoms with Crippen LogP contribution in [0.15, 0.2) is 12.3 Å². The number of aryl methyl sites for hydroxylation is 1. The van der Waals surface area contributed by atoms with Crippen molar-refractivity contribution in [2.24, 2.45) is 0 Å². The second-order valence-electron chi connectivity index (χ2n) is 5.00. The molecular formula is C13H18N4O3. The molecule has 1 aromatic rings. The first-order valence-corrected chi connectivity index (χ1v) is 6.60. The molecule has 0 aliphatic heterocycles. The molecule has 1 aromatic heterocycles. The molecule has 1 aliphatic rings. The van der Waals surface area contributed by atoms with Gasteiger partial charge in [-0.15, -0.1) is 0 Å². The van der Waals surface area contributed by atoms with E-state index >= 15 is 0 Å². The number of nitrogens with one attached hydrogen (secondary N) is 2. The van der Waals surface area contributed by atoms with E-state index in [2.05, 4.69) is 20.6 Å². The van der Waals surface area contributed by atoms with Crippen molar-refractivity contribution in [3.8, 4) is 0 Å². The van der Waals surface area contributed by atoms with Crippen molar-refractivity contribution in [1.82, 2.24) is 20.6 Å². The van der Waals surface area contributed by atoms with E-state index < -0.39 is 17.5 Å². The maximum absolute atomic E-state index is 11.8. The number of carboxylic acid groups (broad SMARTS) is 1. The van der Waals surface area contributed by atoms with Crippen molar-refractivity contribution in [1.29, 1.82) is 0 Å². The van der Waals surface area contributed by atoms with Crippen LogP contribution < -0.4 is 10.6 Å². The first kappa shape index (κ1) is 14.2. The zero-order valence-corrected chi connectivity index (χ0v) is 11.3. The Morgan fingerprint density at radius 1 is 1.40 bits per heavy atom. The van der Waals surface area contributed by atoms with Crippen LogP contribution in [-0.2, 0) is 11.3 Å². The van der Waals surface area contributed by atoms with Crippen molar-refractivity contribution < 1.29 is 14.7 Å². The van der Waals surface area contributed by atoms with Gasteiger partial charge in [0.05, 0.1) is 12.2 Å². The molecule has 2 amide bonds. The van der Waals surface area contributed by atoms with Crippen LogP contribution in [0.1, 0.15) is 37.2 Å². The Hall–Kier alpha value is -2.18. The third-order valence-electron chi connectivity index (χ3n) is 3.48. The number of carbonyl (C=O) groups excluding carboxylic acids is 1. The largest absolute Gasteiger partial charge is 0.480 e. The fraction of sp³-hybridized carbons (Fsp3) is 0.538. The van der Waals surface area contributed by atoms with E-state index in [0.717, 1.165) is 12.8 Å².